The number of ether oxygens (including phenoxy) is 1. The van der Waals surface area contributed by atoms with E-state index in [-0.39, 0.29) is 31.6 Å². The quantitative estimate of drug-likeness (QED) is 0.310. The monoisotopic (exact) mass is 573 g/mol. The molecule has 9 nitrogen and oxygen atoms in total. The van der Waals surface area contributed by atoms with E-state index in [9.17, 15) is 9.59 Å². The molecule has 2 fully saturated rings. The number of carbonyl (C=O) groups is 3. The van der Waals surface area contributed by atoms with Gasteiger partial charge in [-0.15, -0.1) is 0 Å². The van der Waals surface area contributed by atoms with E-state index >= 15 is 0 Å². The normalized spacial score (nSPS) is 18.4. The third-order valence-corrected chi connectivity index (χ3v) is 7.94. The summed E-state index contributed by atoms with van der Waals surface area (Å²) in [6.07, 6.45) is 0.461. The van der Waals surface area contributed by atoms with Crippen LogP contribution in [0, 0.1) is 18.3 Å². The first kappa shape index (κ1) is 31.2. The van der Waals surface area contributed by atoms with Gasteiger partial charge < -0.3 is 19.8 Å². The van der Waals surface area contributed by atoms with E-state index < -0.39 is 6.16 Å². The summed E-state index contributed by atoms with van der Waals surface area (Å²) < 4.78 is 5.95. The standard InChI is InChI=1S/C29H38ClN3O3.CH2O3/c1-6-25(22-8-10-24(30)11-9-22)32(18-23-16-29(23,3)4)17-21-7-12-26(20(2)15-21)36-14-13-33-27(34)19-31(5)28(33)35;2-1(3)4/h7-12,15,23,25H,6,13-14,16-19H2,1-5H3;(H2,2,3,4)/t23-,25+;/m0./s1. The fraction of sp³-hybridized carbons (Fsp3) is 0.500. The van der Waals surface area contributed by atoms with Crippen molar-refractivity contribution in [3.63, 3.8) is 0 Å². The summed E-state index contributed by atoms with van der Waals surface area (Å²) in [5.41, 5.74) is 4.01. The van der Waals surface area contributed by atoms with E-state index in [1.165, 1.54) is 27.3 Å². The van der Waals surface area contributed by atoms with Gasteiger partial charge in [0.05, 0.1) is 6.54 Å². The van der Waals surface area contributed by atoms with Gasteiger partial charge in [0.25, 0.3) is 0 Å². The molecule has 2 aromatic rings. The van der Waals surface area contributed by atoms with Crippen molar-refractivity contribution in [2.75, 3.05) is 33.3 Å². The van der Waals surface area contributed by atoms with Crippen LogP contribution in [0.1, 0.15) is 56.3 Å². The Morgan fingerprint density at radius 3 is 2.30 bits per heavy atom. The Kier molecular flexibility index (Phi) is 10.4. The van der Waals surface area contributed by atoms with Gasteiger partial charge in [0.2, 0.25) is 5.91 Å². The number of carboxylic acid groups (broad SMARTS) is 2. The van der Waals surface area contributed by atoms with Crippen LogP contribution in [-0.4, -0.2) is 76.3 Å². The summed E-state index contributed by atoms with van der Waals surface area (Å²) in [6.45, 7) is 11.6. The number of halogens is 1. The number of aryl methyl sites for hydroxylation is 1. The highest BCUT2D eigenvalue weighted by atomic mass is 35.5. The molecule has 1 saturated carbocycles. The zero-order valence-electron chi connectivity index (χ0n) is 23.9. The second-order valence-electron chi connectivity index (χ2n) is 11.2. The smallest absolute Gasteiger partial charge is 0.491 e. The molecular weight excluding hydrogens is 534 g/mol. The van der Waals surface area contributed by atoms with Crippen LogP contribution >= 0.6 is 11.6 Å². The van der Waals surface area contributed by atoms with Gasteiger partial charge >= 0.3 is 12.2 Å². The number of hydrogen-bond donors (Lipinski definition) is 2. The molecule has 2 aliphatic rings. The van der Waals surface area contributed by atoms with E-state index in [0.29, 0.717) is 17.4 Å². The number of amides is 3. The van der Waals surface area contributed by atoms with E-state index in [1.54, 1.807) is 7.05 Å². The number of imide groups is 1. The van der Waals surface area contributed by atoms with Gasteiger partial charge in [-0.3, -0.25) is 14.6 Å². The molecule has 0 radical (unpaired) electrons. The van der Waals surface area contributed by atoms with Crippen molar-refractivity contribution in [3.8, 4) is 5.75 Å². The lowest BCUT2D eigenvalue weighted by molar-refractivity contribution is -0.125. The second-order valence-corrected chi connectivity index (χ2v) is 11.6. The fourth-order valence-electron chi connectivity index (χ4n) is 5.20. The average Bonchev–Trinajstić information content (AvgIpc) is 3.40. The van der Waals surface area contributed by atoms with Gasteiger partial charge in [0.1, 0.15) is 18.9 Å². The highest BCUT2D eigenvalue weighted by molar-refractivity contribution is 6.30. The van der Waals surface area contributed by atoms with Gasteiger partial charge in [-0.1, -0.05) is 56.6 Å². The van der Waals surface area contributed by atoms with Crippen molar-refractivity contribution in [2.45, 2.75) is 53.1 Å². The Balaban J connectivity index is 0.00000103. The summed E-state index contributed by atoms with van der Waals surface area (Å²) in [5.74, 6) is 1.31. The summed E-state index contributed by atoms with van der Waals surface area (Å²) in [7, 11) is 1.63. The van der Waals surface area contributed by atoms with Gasteiger partial charge in [0.15, 0.2) is 0 Å². The lowest BCUT2D eigenvalue weighted by Gasteiger charge is -2.32. The predicted octanol–water partition coefficient (Wildman–Crippen LogP) is 6.14. The van der Waals surface area contributed by atoms with Crippen LogP contribution in [-0.2, 0) is 11.3 Å². The van der Waals surface area contributed by atoms with E-state index in [2.05, 4.69) is 49.9 Å². The summed E-state index contributed by atoms with van der Waals surface area (Å²) in [4.78, 5) is 37.9. The van der Waals surface area contributed by atoms with Crippen LogP contribution in [0.25, 0.3) is 0 Å². The Bertz CT molecular complexity index is 1200. The minimum absolute atomic E-state index is 0.135. The second kappa shape index (κ2) is 13.4. The Labute approximate surface area is 241 Å². The number of carbonyl (C=O) groups excluding carboxylic acids is 2. The number of urea groups is 1. The van der Waals surface area contributed by atoms with Crippen molar-refractivity contribution >= 4 is 29.7 Å². The highest BCUT2D eigenvalue weighted by Crippen LogP contribution is 2.52. The topological polar surface area (TPSA) is 111 Å². The molecule has 2 aromatic carbocycles. The number of nitrogens with zero attached hydrogens (tertiary/aromatic N) is 3. The van der Waals surface area contributed by atoms with Crippen molar-refractivity contribution in [1.29, 1.82) is 0 Å². The number of hydrogen-bond acceptors (Lipinski definition) is 5. The lowest BCUT2D eigenvalue weighted by atomic mass is 10.00. The summed E-state index contributed by atoms with van der Waals surface area (Å²) in [6, 6.07) is 14.6. The van der Waals surface area contributed by atoms with Gasteiger partial charge in [-0.05, 0) is 66.0 Å². The zero-order valence-corrected chi connectivity index (χ0v) is 24.6. The molecule has 3 amide bonds. The Morgan fingerprint density at radius 1 is 1.18 bits per heavy atom. The van der Waals surface area contributed by atoms with Crippen LogP contribution in [0.4, 0.5) is 9.59 Å². The summed E-state index contributed by atoms with van der Waals surface area (Å²) in [5, 5.41) is 14.7. The van der Waals surface area contributed by atoms with Crippen LogP contribution in [0.3, 0.4) is 0 Å². The molecule has 1 aliphatic heterocycles. The molecular formula is C30H40ClN3O6. The largest absolute Gasteiger partial charge is 0.503 e. The van der Waals surface area contributed by atoms with Crippen molar-refractivity contribution < 1.29 is 29.3 Å². The van der Waals surface area contributed by atoms with Crippen LogP contribution in [0.5, 0.6) is 5.75 Å². The number of benzene rings is 2. The minimum atomic E-state index is -1.83. The molecule has 0 aromatic heterocycles. The lowest BCUT2D eigenvalue weighted by Crippen LogP contribution is -2.35. The third-order valence-electron chi connectivity index (χ3n) is 7.68. The average molecular weight is 574 g/mol. The predicted molar refractivity (Wildman–Crippen MR) is 154 cm³/mol. The molecule has 4 rings (SSSR count). The zero-order chi connectivity index (χ0) is 29.6. The van der Waals surface area contributed by atoms with Crippen molar-refractivity contribution in [3.05, 3.63) is 64.2 Å². The highest BCUT2D eigenvalue weighted by Gasteiger charge is 2.46. The fourth-order valence-corrected chi connectivity index (χ4v) is 5.33. The first-order valence-electron chi connectivity index (χ1n) is 13.5. The van der Waals surface area contributed by atoms with Gasteiger partial charge in [-0.2, -0.15) is 0 Å². The third kappa shape index (κ3) is 8.35. The van der Waals surface area contributed by atoms with Crippen molar-refractivity contribution in [2.24, 2.45) is 11.3 Å². The van der Waals surface area contributed by atoms with Gasteiger partial charge in [-0.25, -0.2) is 9.59 Å². The van der Waals surface area contributed by atoms with Gasteiger partial charge in [0, 0.05) is 31.2 Å². The minimum Gasteiger partial charge on any atom is -0.491 e. The number of rotatable bonds is 11. The SMILES string of the molecule is CC[C@H](c1ccc(Cl)cc1)N(Cc1ccc(OCCN2C(=O)CN(C)C2=O)c(C)c1)C[C@@H]1CC1(C)C.O=C(O)O. The first-order valence-corrected chi connectivity index (χ1v) is 13.9. The van der Waals surface area contributed by atoms with E-state index in [0.717, 1.165) is 35.8 Å². The molecule has 0 unspecified atom stereocenters. The van der Waals surface area contributed by atoms with Crippen molar-refractivity contribution in [1.82, 2.24) is 14.7 Å². The molecule has 10 heteroatoms. The maximum Gasteiger partial charge on any atom is 0.503 e. The Hall–Kier alpha value is -3.30. The maximum absolute atomic E-state index is 12.1. The molecule has 1 saturated heterocycles. The van der Waals surface area contributed by atoms with Crippen LogP contribution in [0.15, 0.2) is 42.5 Å². The molecule has 1 aliphatic carbocycles. The molecule has 2 atom stereocenters. The molecule has 40 heavy (non-hydrogen) atoms. The van der Waals surface area contributed by atoms with E-state index in [4.69, 9.17) is 31.3 Å². The summed E-state index contributed by atoms with van der Waals surface area (Å²) >= 11 is 6.16. The Morgan fingerprint density at radius 2 is 1.80 bits per heavy atom. The first-order chi connectivity index (χ1) is 18.8. The molecule has 0 bridgehead atoms. The molecule has 1 heterocycles. The molecule has 218 valence electrons. The van der Waals surface area contributed by atoms with Crippen LogP contribution < -0.4 is 4.74 Å². The van der Waals surface area contributed by atoms with E-state index in [1.807, 2.05) is 25.1 Å². The number of likely N-dealkylation sites (N-methyl/N-ethyl adjacent to an activating group) is 1. The molecule has 0 spiro atoms. The van der Waals surface area contributed by atoms with Crippen LogP contribution in [0.2, 0.25) is 5.02 Å². The molecule has 2 N–H and O–H groups in total. The maximum atomic E-state index is 12.1.